The minimum absolute atomic E-state index is 0.188. The largest absolute Gasteiger partial charge is 0.348 e. The van der Waals surface area contributed by atoms with Gasteiger partial charge in [-0.25, -0.2) is 4.79 Å². The number of urea groups is 1. The first-order valence-corrected chi connectivity index (χ1v) is 6.79. The first-order chi connectivity index (χ1) is 9.81. The highest BCUT2D eigenvalue weighted by molar-refractivity contribution is 6.08. The maximum Gasteiger partial charge on any atom is 0.325 e. The number of hydrogen-bond donors (Lipinski definition) is 2. The molecule has 2 N–H and O–H groups in total. The van der Waals surface area contributed by atoms with Crippen LogP contribution >= 0.6 is 0 Å². The summed E-state index contributed by atoms with van der Waals surface area (Å²) in [6.45, 7) is 4.80. The zero-order chi connectivity index (χ0) is 15.6. The Bertz CT molecular complexity index is 569. The maximum atomic E-state index is 12.0. The van der Waals surface area contributed by atoms with Gasteiger partial charge in [-0.1, -0.05) is 30.3 Å². The van der Waals surface area contributed by atoms with Crippen LogP contribution in [0.3, 0.4) is 0 Å². The summed E-state index contributed by atoms with van der Waals surface area (Å²) in [7, 11) is 0. The Kier molecular flexibility index (Phi) is 3.97. The summed E-state index contributed by atoms with van der Waals surface area (Å²) in [5, 5.41) is 5.32. The van der Waals surface area contributed by atoms with Gasteiger partial charge in [-0.15, -0.1) is 0 Å². The molecule has 1 fully saturated rings. The van der Waals surface area contributed by atoms with Crippen molar-refractivity contribution in [2.45, 2.75) is 32.4 Å². The van der Waals surface area contributed by atoms with Crippen LogP contribution in [0.15, 0.2) is 30.3 Å². The summed E-state index contributed by atoms with van der Waals surface area (Å²) in [6, 6.07) is 8.76. The molecular formula is C15H19N3O3. The monoisotopic (exact) mass is 289 g/mol. The molecule has 0 bridgehead atoms. The van der Waals surface area contributed by atoms with E-state index in [1.54, 1.807) is 13.8 Å². The van der Waals surface area contributed by atoms with Crippen molar-refractivity contribution >= 4 is 17.8 Å². The van der Waals surface area contributed by atoms with E-state index in [0.29, 0.717) is 0 Å². The van der Waals surface area contributed by atoms with E-state index in [1.165, 1.54) is 0 Å². The molecule has 1 heterocycles. The lowest BCUT2D eigenvalue weighted by atomic mass is 10.1. The topological polar surface area (TPSA) is 78.5 Å². The van der Waals surface area contributed by atoms with Crippen LogP contribution in [0.25, 0.3) is 0 Å². The van der Waals surface area contributed by atoms with Crippen LogP contribution < -0.4 is 10.6 Å². The Balaban J connectivity index is 1.97. The molecule has 4 amide bonds. The maximum absolute atomic E-state index is 12.0. The van der Waals surface area contributed by atoms with Crippen molar-refractivity contribution in [3.05, 3.63) is 35.9 Å². The molecule has 0 radical (unpaired) electrons. The molecule has 6 nitrogen and oxygen atoms in total. The molecule has 1 aliphatic rings. The van der Waals surface area contributed by atoms with Gasteiger partial charge in [0.15, 0.2) is 0 Å². The van der Waals surface area contributed by atoms with Crippen molar-refractivity contribution in [1.29, 1.82) is 0 Å². The van der Waals surface area contributed by atoms with Crippen molar-refractivity contribution in [2.75, 3.05) is 6.54 Å². The highest BCUT2D eigenvalue weighted by atomic mass is 16.2. The second-order valence-corrected chi connectivity index (χ2v) is 5.65. The molecule has 0 saturated carbocycles. The molecule has 0 aliphatic carbocycles. The quantitative estimate of drug-likeness (QED) is 0.817. The minimum Gasteiger partial charge on any atom is -0.348 e. The van der Waals surface area contributed by atoms with Gasteiger partial charge in [0.05, 0.1) is 6.04 Å². The lowest BCUT2D eigenvalue weighted by molar-refractivity contribution is -0.134. The van der Waals surface area contributed by atoms with Crippen LogP contribution in [-0.4, -0.2) is 34.8 Å². The molecule has 0 aromatic heterocycles. The van der Waals surface area contributed by atoms with Gasteiger partial charge in [0.1, 0.15) is 12.1 Å². The number of rotatable bonds is 4. The van der Waals surface area contributed by atoms with Crippen LogP contribution in [0, 0.1) is 0 Å². The van der Waals surface area contributed by atoms with Crippen LogP contribution in [0.5, 0.6) is 0 Å². The molecule has 6 heteroatoms. The van der Waals surface area contributed by atoms with Gasteiger partial charge >= 0.3 is 6.03 Å². The SMILES string of the molecule is C[C@@H](NC(=O)CN1C(=O)NC(C)(C)C1=O)c1ccccc1. The third-order valence-electron chi connectivity index (χ3n) is 3.42. The van der Waals surface area contributed by atoms with Crippen molar-refractivity contribution in [3.8, 4) is 0 Å². The highest BCUT2D eigenvalue weighted by Crippen LogP contribution is 2.16. The number of benzene rings is 1. The fourth-order valence-corrected chi connectivity index (χ4v) is 2.22. The van der Waals surface area contributed by atoms with Crippen molar-refractivity contribution in [2.24, 2.45) is 0 Å². The highest BCUT2D eigenvalue weighted by Gasteiger charge is 2.44. The Morgan fingerprint density at radius 3 is 2.43 bits per heavy atom. The van der Waals surface area contributed by atoms with Gasteiger partial charge < -0.3 is 10.6 Å². The lowest BCUT2D eigenvalue weighted by Crippen LogP contribution is -2.43. The molecule has 1 aliphatic heterocycles. The molecule has 21 heavy (non-hydrogen) atoms. The molecule has 1 aromatic rings. The van der Waals surface area contributed by atoms with Gasteiger partial charge in [0, 0.05) is 0 Å². The Morgan fingerprint density at radius 2 is 1.90 bits per heavy atom. The van der Waals surface area contributed by atoms with E-state index < -0.39 is 17.5 Å². The Labute approximate surface area is 123 Å². The Hall–Kier alpha value is -2.37. The van der Waals surface area contributed by atoms with Gasteiger partial charge in [0.2, 0.25) is 5.91 Å². The standard InChI is InChI=1S/C15H19N3O3/c1-10(11-7-5-4-6-8-11)16-12(19)9-18-13(20)15(2,3)17-14(18)21/h4-8,10H,9H2,1-3H3,(H,16,19)(H,17,21)/t10-/m1/s1. The summed E-state index contributed by atoms with van der Waals surface area (Å²) < 4.78 is 0. The van der Waals surface area contributed by atoms with Crippen molar-refractivity contribution < 1.29 is 14.4 Å². The number of carbonyl (C=O) groups excluding carboxylic acids is 3. The number of carbonyl (C=O) groups is 3. The molecule has 112 valence electrons. The number of amides is 4. The molecule has 1 saturated heterocycles. The fraction of sp³-hybridized carbons (Fsp3) is 0.400. The van der Waals surface area contributed by atoms with Crippen molar-refractivity contribution in [3.63, 3.8) is 0 Å². The van der Waals surface area contributed by atoms with Crippen LogP contribution in [-0.2, 0) is 9.59 Å². The van der Waals surface area contributed by atoms with Gasteiger partial charge in [0.25, 0.3) is 5.91 Å². The normalized spacial score (nSPS) is 18.3. The van der Waals surface area contributed by atoms with E-state index in [1.807, 2.05) is 37.3 Å². The zero-order valence-electron chi connectivity index (χ0n) is 12.3. The third-order valence-corrected chi connectivity index (χ3v) is 3.42. The summed E-state index contributed by atoms with van der Waals surface area (Å²) in [4.78, 5) is 36.6. The zero-order valence-corrected chi connectivity index (χ0v) is 12.3. The number of nitrogens with zero attached hydrogens (tertiary/aromatic N) is 1. The second-order valence-electron chi connectivity index (χ2n) is 5.65. The summed E-state index contributed by atoms with van der Waals surface area (Å²) in [5.74, 6) is -0.762. The minimum atomic E-state index is -0.956. The van der Waals surface area contributed by atoms with E-state index in [-0.39, 0.29) is 18.5 Å². The van der Waals surface area contributed by atoms with Crippen LogP contribution in [0.4, 0.5) is 4.79 Å². The fourth-order valence-electron chi connectivity index (χ4n) is 2.22. The van der Waals surface area contributed by atoms with Gasteiger partial charge in [-0.2, -0.15) is 0 Å². The average Bonchev–Trinajstić information content (AvgIpc) is 2.62. The molecule has 0 spiro atoms. The van der Waals surface area contributed by atoms with Gasteiger partial charge in [-0.3, -0.25) is 14.5 Å². The number of imide groups is 1. The molecule has 0 unspecified atom stereocenters. The summed E-state index contributed by atoms with van der Waals surface area (Å²) in [5.41, 5.74) is 0.00552. The molecule has 1 aromatic carbocycles. The van der Waals surface area contributed by atoms with E-state index in [2.05, 4.69) is 10.6 Å². The number of nitrogens with one attached hydrogen (secondary N) is 2. The lowest BCUT2D eigenvalue weighted by Gasteiger charge is -2.18. The summed E-state index contributed by atoms with van der Waals surface area (Å²) in [6.07, 6.45) is 0. The van der Waals surface area contributed by atoms with E-state index in [9.17, 15) is 14.4 Å². The first kappa shape index (κ1) is 15.0. The molecule has 1 atom stereocenters. The van der Waals surface area contributed by atoms with E-state index >= 15 is 0 Å². The van der Waals surface area contributed by atoms with E-state index in [0.717, 1.165) is 10.5 Å². The predicted molar refractivity (Wildman–Crippen MR) is 77.3 cm³/mol. The second kappa shape index (κ2) is 5.55. The van der Waals surface area contributed by atoms with Gasteiger partial charge in [-0.05, 0) is 26.3 Å². The summed E-state index contributed by atoms with van der Waals surface area (Å²) >= 11 is 0. The number of hydrogen-bond acceptors (Lipinski definition) is 3. The van der Waals surface area contributed by atoms with Crippen LogP contribution in [0.1, 0.15) is 32.4 Å². The smallest absolute Gasteiger partial charge is 0.325 e. The average molecular weight is 289 g/mol. The molecule has 2 rings (SSSR count). The first-order valence-electron chi connectivity index (χ1n) is 6.79. The Morgan fingerprint density at radius 1 is 1.29 bits per heavy atom. The van der Waals surface area contributed by atoms with E-state index in [4.69, 9.17) is 0 Å². The van der Waals surface area contributed by atoms with Crippen molar-refractivity contribution in [1.82, 2.24) is 15.5 Å². The predicted octanol–water partition coefficient (Wildman–Crippen LogP) is 1.19. The van der Waals surface area contributed by atoms with Crippen LogP contribution in [0.2, 0.25) is 0 Å². The molecular weight excluding hydrogens is 270 g/mol. The third kappa shape index (κ3) is 3.21.